The number of hydrogen-bond donors (Lipinski definition) is 2. The quantitative estimate of drug-likeness (QED) is 0.898. The van der Waals surface area contributed by atoms with Gasteiger partial charge in [0, 0.05) is 18.0 Å². The second-order valence-corrected chi connectivity index (χ2v) is 6.66. The van der Waals surface area contributed by atoms with E-state index in [9.17, 15) is 14.7 Å². The van der Waals surface area contributed by atoms with Crippen molar-refractivity contribution in [3.63, 3.8) is 0 Å². The molecule has 1 aromatic heterocycles. The lowest BCUT2D eigenvalue weighted by molar-refractivity contribution is -0.139. The highest BCUT2D eigenvalue weighted by Crippen LogP contribution is 2.28. The monoisotopic (exact) mass is 310 g/mol. The first kappa shape index (κ1) is 15.8. The Balaban J connectivity index is 2.03. The number of hydrogen-bond acceptors (Lipinski definition) is 3. The van der Waals surface area contributed by atoms with Crippen LogP contribution in [0, 0.1) is 5.92 Å². The number of thiophene rings is 1. The zero-order valence-electron chi connectivity index (χ0n) is 12.4. The average Bonchev–Trinajstić information content (AvgIpc) is 2.97. The van der Waals surface area contributed by atoms with Gasteiger partial charge in [-0.3, -0.25) is 0 Å². The van der Waals surface area contributed by atoms with Crippen LogP contribution >= 0.6 is 11.3 Å². The van der Waals surface area contributed by atoms with Crippen molar-refractivity contribution in [1.82, 2.24) is 10.2 Å². The van der Waals surface area contributed by atoms with Crippen LogP contribution in [0.2, 0.25) is 0 Å². The van der Waals surface area contributed by atoms with E-state index in [1.54, 1.807) is 24.1 Å². The minimum Gasteiger partial charge on any atom is -0.479 e. The molecule has 3 atom stereocenters. The smallest absolute Gasteiger partial charge is 0.331 e. The molecule has 0 aromatic carbocycles. The van der Waals surface area contributed by atoms with E-state index in [2.05, 4.69) is 12.2 Å². The van der Waals surface area contributed by atoms with E-state index in [0.29, 0.717) is 10.8 Å². The molecule has 1 heterocycles. The van der Waals surface area contributed by atoms with Gasteiger partial charge in [-0.15, -0.1) is 11.3 Å². The van der Waals surface area contributed by atoms with E-state index in [1.807, 2.05) is 5.38 Å². The molecule has 1 fully saturated rings. The minimum atomic E-state index is -1.03. The Labute approximate surface area is 129 Å². The molecule has 6 heteroatoms. The van der Waals surface area contributed by atoms with Crippen LogP contribution in [0.4, 0.5) is 4.79 Å². The van der Waals surface area contributed by atoms with Crippen LogP contribution in [0.15, 0.2) is 17.5 Å². The summed E-state index contributed by atoms with van der Waals surface area (Å²) in [6.45, 7) is 2.15. The van der Waals surface area contributed by atoms with Crippen LogP contribution in [0.3, 0.4) is 0 Å². The first-order valence-corrected chi connectivity index (χ1v) is 8.18. The molecule has 0 radical (unpaired) electrons. The number of nitrogens with zero attached hydrogens (tertiary/aromatic N) is 1. The van der Waals surface area contributed by atoms with Gasteiger partial charge in [-0.2, -0.15) is 0 Å². The lowest BCUT2D eigenvalue weighted by Crippen LogP contribution is -2.49. The van der Waals surface area contributed by atoms with Gasteiger partial charge >= 0.3 is 12.0 Å². The van der Waals surface area contributed by atoms with Gasteiger partial charge in [0.25, 0.3) is 0 Å². The molecule has 2 rings (SSSR count). The predicted octanol–water partition coefficient (Wildman–Crippen LogP) is 3.09. The number of nitrogens with one attached hydrogen (secondary N) is 1. The molecule has 0 saturated heterocycles. The number of aliphatic carboxylic acids is 1. The van der Waals surface area contributed by atoms with Crippen molar-refractivity contribution in [1.29, 1.82) is 0 Å². The molecule has 2 N–H and O–H groups in total. The fourth-order valence-electron chi connectivity index (χ4n) is 2.96. The lowest BCUT2D eigenvalue weighted by Gasteiger charge is -2.36. The van der Waals surface area contributed by atoms with E-state index in [1.165, 1.54) is 17.8 Å². The number of carboxylic acids is 1. The van der Waals surface area contributed by atoms with E-state index in [4.69, 9.17) is 0 Å². The van der Waals surface area contributed by atoms with Crippen LogP contribution in [0.5, 0.6) is 0 Å². The van der Waals surface area contributed by atoms with Crippen molar-refractivity contribution in [3.05, 3.63) is 22.4 Å². The van der Waals surface area contributed by atoms with Crippen molar-refractivity contribution in [3.8, 4) is 0 Å². The minimum absolute atomic E-state index is 0.191. The average molecular weight is 310 g/mol. The van der Waals surface area contributed by atoms with Crippen molar-refractivity contribution in [2.24, 2.45) is 5.92 Å². The van der Waals surface area contributed by atoms with Crippen molar-refractivity contribution >= 4 is 23.3 Å². The van der Waals surface area contributed by atoms with Crippen LogP contribution in [-0.4, -0.2) is 35.1 Å². The molecule has 1 saturated carbocycles. The Morgan fingerprint density at radius 2 is 2.14 bits per heavy atom. The van der Waals surface area contributed by atoms with Gasteiger partial charge in [0.15, 0.2) is 6.04 Å². The number of carbonyl (C=O) groups is 2. The summed E-state index contributed by atoms with van der Waals surface area (Å²) in [7, 11) is 1.76. The number of carbonyl (C=O) groups excluding carboxylic acids is 1. The van der Waals surface area contributed by atoms with Gasteiger partial charge in [0.2, 0.25) is 0 Å². The predicted molar refractivity (Wildman–Crippen MR) is 82.4 cm³/mol. The molecule has 116 valence electrons. The highest BCUT2D eigenvalue weighted by atomic mass is 32.1. The Bertz CT molecular complexity index is 489. The van der Waals surface area contributed by atoms with E-state index < -0.39 is 12.0 Å². The Hall–Kier alpha value is -1.56. The summed E-state index contributed by atoms with van der Waals surface area (Å²) in [6.07, 6.45) is 4.44. The Kier molecular flexibility index (Phi) is 5.22. The molecule has 0 aliphatic heterocycles. The molecular weight excluding hydrogens is 288 g/mol. The molecule has 0 bridgehead atoms. The fourth-order valence-corrected chi connectivity index (χ4v) is 3.73. The standard InChI is InChI=1S/C15H22N2O3S/c1-10-6-3-4-7-11(10)17(2)15(20)16-13(14(18)19)12-8-5-9-21-12/h5,8-11,13H,3-4,6-7H2,1-2H3,(H,16,20)(H,18,19). The molecule has 1 aromatic rings. The maximum Gasteiger partial charge on any atom is 0.331 e. The molecular formula is C15H22N2O3S. The highest BCUT2D eigenvalue weighted by molar-refractivity contribution is 7.10. The topological polar surface area (TPSA) is 69.6 Å². The third kappa shape index (κ3) is 3.75. The largest absolute Gasteiger partial charge is 0.479 e. The van der Waals surface area contributed by atoms with Gasteiger partial charge in [-0.1, -0.05) is 25.8 Å². The van der Waals surface area contributed by atoms with Crippen LogP contribution < -0.4 is 5.32 Å². The third-order valence-corrected chi connectivity index (χ3v) is 5.16. The summed E-state index contributed by atoms with van der Waals surface area (Å²) in [5.41, 5.74) is 0. The summed E-state index contributed by atoms with van der Waals surface area (Å²) < 4.78 is 0. The second-order valence-electron chi connectivity index (χ2n) is 5.68. The molecule has 21 heavy (non-hydrogen) atoms. The van der Waals surface area contributed by atoms with E-state index in [0.717, 1.165) is 19.3 Å². The molecule has 3 unspecified atom stereocenters. The Morgan fingerprint density at radius 1 is 1.43 bits per heavy atom. The van der Waals surface area contributed by atoms with Gasteiger partial charge < -0.3 is 15.3 Å². The molecule has 1 aliphatic carbocycles. The SMILES string of the molecule is CC1CCCCC1N(C)C(=O)NC(C(=O)O)c1cccs1. The van der Waals surface area contributed by atoms with Gasteiger partial charge in [-0.25, -0.2) is 9.59 Å². The molecule has 0 spiro atoms. The number of urea groups is 1. The van der Waals surface area contributed by atoms with Gasteiger partial charge in [-0.05, 0) is 30.2 Å². The maximum absolute atomic E-state index is 12.4. The fraction of sp³-hybridized carbons (Fsp3) is 0.600. The molecule has 5 nitrogen and oxygen atoms in total. The zero-order valence-corrected chi connectivity index (χ0v) is 13.2. The molecule has 2 amide bonds. The van der Waals surface area contributed by atoms with Gasteiger partial charge in [0.05, 0.1) is 0 Å². The molecule has 1 aliphatic rings. The Morgan fingerprint density at radius 3 is 2.71 bits per heavy atom. The first-order chi connectivity index (χ1) is 10.0. The van der Waals surface area contributed by atoms with Crippen LogP contribution in [0.25, 0.3) is 0 Å². The summed E-state index contributed by atoms with van der Waals surface area (Å²) in [5.74, 6) is -0.574. The van der Waals surface area contributed by atoms with E-state index >= 15 is 0 Å². The number of amides is 2. The summed E-state index contributed by atoms with van der Waals surface area (Å²) >= 11 is 1.34. The third-order valence-electron chi connectivity index (χ3n) is 4.23. The number of rotatable bonds is 4. The maximum atomic E-state index is 12.4. The van der Waals surface area contributed by atoms with E-state index in [-0.39, 0.29) is 12.1 Å². The summed E-state index contributed by atoms with van der Waals surface area (Å²) in [4.78, 5) is 26.0. The van der Waals surface area contributed by atoms with Crippen LogP contribution in [-0.2, 0) is 4.79 Å². The van der Waals surface area contributed by atoms with Crippen LogP contribution in [0.1, 0.15) is 43.5 Å². The highest BCUT2D eigenvalue weighted by Gasteiger charge is 2.30. The van der Waals surface area contributed by atoms with Crippen molar-refractivity contribution in [2.45, 2.75) is 44.7 Å². The van der Waals surface area contributed by atoms with Gasteiger partial charge in [0.1, 0.15) is 0 Å². The zero-order chi connectivity index (χ0) is 15.4. The number of carboxylic acid groups (broad SMARTS) is 1. The summed E-state index contributed by atoms with van der Waals surface area (Å²) in [5, 5.41) is 13.8. The normalized spacial score (nSPS) is 23.3. The lowest BCUT2D eigenvalue weighted by atomic mass is 9.85. The second kappa shape index (κ2) is 6.93. The first-order valence-electron chi connectivity index (χ1n) is 7.30. The summed E-state index contributed by atoms with van der Waals surface area (Å²) in [6, 6.07) is 2.42. The van der Waals surface area contributed by atoms with Crippen molar-refractivity contribution < 1.29 is 14.7 Å². The van der Waals surface area contributed by atoms with Crippen molar-refractivity contribution in [2.75, 3.05) is 7.05 Å².